The largest absolute Gasteiger partial charge is 0.496 e. The van der Waals surface area contributed by atoms with E-state index in [2.05, 4.69) is 6.07 Å². The smallest absolute Gasteiger partial charge is 0.335 e. The molecule has 0 fully saturated rings. The van der Waals surface area contributed by atoms with Gasteiger partial charge in [0.2, 0.25) is 0 Å². The van der Waals surface area contributed by atoms with Crippen LogP contribution in [-0.2, 0) is 0 Å². The molecule has 0 bridgehead atoms. The van der Waals surface area contributed by atoms with Gasteiger partial charge in [-0.2, -0.15) is 5.26 Å². The minimum atomic E-state index is -0.969. The molecule has 108 valence electrons. The molecule has 0 saturated heterocycles. The molecule has 1 heterocycles. The molecular weight excluding hydrogens is 280 g/mol. The molecule has 5 nitrogen and oxygen atoms in total. The van der Waals surface area contributed by atoms with E-state index < -0.39 is 5.97 Å². The molecule has 0 saturated carbocycles. The molecule has 3 aromatic rings. The van der Waals surface area contributed by atoms with Crippen LogP contribution in [0.5, 0.6) is 5.75 Å². The first kappa shape index (κ1) is 13.7. The van der Waals surface area contributed by atoms with Gasteiger partial charge in [0.25, 0.3) is 0 Å². The highest BCUT2D eigenvalue weighted by atomic mass is 16.5. The molecule has 0 aliphatic carbocycles. The maximum atomic E-state index is 10.9. The SMILES string of the molecule is COc1cccc2c1c(C#N)cn2-c1ccc(C(=O)O)cc1. The molecular formula is C17H12N2O3. The van der Waals surface area contributed by atoms with Gasteiger partial charge < -0.3 is 14.4 Å². The van der Waals surface area contributed by atoms with E-state index in [9.17, 15) is 10.1 Å². The van der Waals surface area contributed by atoms with E-state index in [1.165, 1.54) is 12.1 Å². The second-order valence-corrected chi connectivity index (χ2v) is 4.73. The second kappa shape index (κ2) is 5.26. The summed E-state index contributed by atoms with van der Waals surface area (Å²) in [6, 6.07) is 14.2. The molecule has 1 aromatic heterocycles. The maximum Gasteiger partial charge on any atom is 0.335 e. The number of ether oxygens (including phenoxy) is 1. The van der Waals surface area contributed by atoms with Crippen molar-refractivity contribution in [2.24, 2.45) is 0 Å². The second-order valence-electron chi connectivity index (χ2n) is 4.73. The number of carbonyl (C=O) groups is 1. The average molecular weight is 292 g/mol. The Morgan fingerprint density at radius 1 is 1.23 bits per heavy atom. The summed E-state index contributed by atoms with van der Waals surface area (Å²) >= 11 is 0. The third-order valence-electron chi connectivity index (χ3n) is 3.52. The van der Waals surface area contributed by atoms with Crippen molar-refractivity contribution in [2.75, 3.05) is 7.11 Å². The number of hydrogen-bond donors (Lipinski definition) is 1. The summed E-state index contributed by atoms with van der Waals surface area (Å²) in [6.45, 7) is 0. The summed E-state index contributed by atoms with van der Waals surface area (Å²) in [6.07, 6.45) is 1.73. The molecule has 1 N–H and O–H groups in total. The number of nitrogens with zero attached hydrogens (tertiary/aromatic N) is 2. The summed E-state index contributed by atoms with van der Waals surface area (Å²) in [5, 5.41) is 19.0. The predicted octanol–water partition coefficient (Wildman–Crippen LogP) is 3.21. The molecule has 0 unspecified atom stereocenters. The highest BCUT2D eigenvalue weighted by Gasteiger charge is 2.14. The number of carboxylic acids is 1. The molecule has 0 aliphatic rings. The fourth-order valence-corrected chi connectivity index (χ4v) is 2.49. The fourth-order valence-electron chi connectivity index (χ4n) is 2.49. The summed E-state index contributed by atoms with van der Waals surface area (Å²) in [5.74, 6) is -0.335. The van der Waals surface area contributed by atoms with Crippen molar-refractivity contribution in [2.45, 2.75) is 0 Å². The van der Waals surface area contributed by atoms with Crippen molar-refractivity contribution < 1.29 is 14.6 Å². The number of carboxylic acid groups (broad SMARTS) is 1. The summed E-state index contributed by atoms with van der Waals surface area (Å²) in [5.41, 5.74) is 2.34. The van der Waals surface area contributed by atoms with Crippen LogP contribution < -0.4 is 4.74 Å². The zero-order chi connectivity index (χ0) is 15.7. The van der Waals surface area contributed by atoms with E-state index in [1.807, 2.05) is 16.7 Å². The van der Waals surface area contributed by atoms with E-state index in [0.717, 1.165) is 16.6 Å². The van der Waals surface area contributed by atoms with Gasteiger partial charge in [-0.05, 0) is 36.4 Å². The minimum absolute atomic E-state index is 0.221. The number of benzene rings is 2. The summed E-state index contributed by atoms with van der Waals surface area (Å²) in [7, 11) is 1.56. The number of nitriles is 1. The van der Waals surface area contributed by atoms with Crippen LogP contribution in [0.1, 0.15) is 15.9 Å². The monoisotopic (exact) mass is 292 g/mol. The Balaban J connectivity index is 2.23. The van der Waals surface area contributed by atoms with Gasteiger partial charge in [0.15, 0.2) is 0 Å². The lowest BCUT2D eigenvalue weighted by Crippen LogP contribution is -1.97. The molecule has 0 atom stereocenters. The minimum Gasteiger partial charge on any atom is -0.496 e. The fraction of sp³-hybridized carbons (Fsp3) is 0.0588. The molecule has 0 spiro atoms. The lowest BCUT2D eigenvalue weighted by molar-refractivity contribution is 0.0697. The van der Waals surface area contributed by atoms with Gasteiger partial charge in [0.05, 0.1) is 29.1 Å². The van der Waals surface area contributed by atoms with Crippen molar-refractivity contribution in [1.29, 1.82) is 5.26 Å². The molecule has 0 aliphatic heterocycles. The van der Waals surface area contributed by atoms with E-state index in [4.69, 9.17) is 9.84 Å². The molecule has 22 heavy (non-hydrogen) atoms. The summed E-state index contributed by atoms with van der Waals surface area (Å²) in [4.78, 5) is 10.9. The van der Waals surface area contributed by atoms with Crippen LogP contribution in [0.3, 0.4) is 0 Å². The normalized spacial score (nSPS) is 10.4. The maximum absolute atomic E-state index is 10.9. The standard InChI is InChI=1S/C17H12N2O3/c1-22-15-4-2-3-14-16(15)12(9-18)10-19(14)13-7-5-11(6-8-13)17(20)21/h2-8,10H,1H3,(H,20,21). The highest BCUT2D eigenvalue weighted by Crippen LogP contribution is 2.32. The number of fused-ring (bicyclic) bond motifs is 1. The van der Waals surface area contributed by atoms with E-state index in [0.29, 0.717) is 11.3 Å². The molecule has 5 heteroatoms. The quantitative estimate of drug-likeness (QED) is 0.804. The van der Waals surface area contributed by atoms with Gasteiger partial charge in [-0.25, -0.2) is 4.79 Å². The van der Waals surface area contributed by atoms with E-state index >= 15 is 0 Å². The van der Waals surface area contributed by atoms with Gasteiger partial charge in [0, 0.05) is 11.9 Å². The Morgan fingerprint density at radius 3 is 2.55 bits per heavy atom. The van der Waals surface area contributed by atoms with Crippen molar-refractivity contribution in [3.63, 3.8) is 0 Å². The first-order chi connectivity index (χ1) is 10.7. The number of methoxy groups -OCH3 is 1. The molecule has 2 aromatic carbocycles. The number of rotatable bonds is 3. The lowest BCUT2D eigenvalue weighted by atomic mass is 10.1. The Morgan fingerprint density at radius 2 is 1.95 bits per heavy atom. The average Bonchev–Trinajstić information content (AvgIpc) is 2.93. The van der Waals surface area contributed by atoms with Crippen LogP contribution in [0, 0.1) is 11.3 Å². The zero-order valence-electron chi connectivity index (χ0n) is 11.8. The zero-order valence-corrected chi connectivity index (χ0v) is 11.8. The van der Waals surface area contributed by atoms with Crippen molar-refractivity contribution in [1.82, 2.24) is 4.57 Å². The predicted molar refractivity (Wildman–Crippen MR) is 81.5 cm³/mol. The topological polar surface area (TPSA) is 75.2 Å². The number of aromatic carboxylic acids is 1. The van der Waals surface area contributed by atoms with Crippen LogP contribution in [0.15, 0.2) is 48.7 Å². The van der Waals surface area contributed by atoms with Gasteiger partial charge >= 0.3 is 5.97 Å². The highest BCUT2D eigenvalue weighted by molar-refractivity contribution is 5.93. The Bertz CT molecular complexity index is 902. The third kappa shape index (κ3) is 2.07. The van der Waals surface area contributed by atoms with Gasteiger partial charge in [-0.15, -0.1) is 0 Å². The van der Waals surface area contributed by atoms with Gasteiger partial charge in [0.1, 0.15) is 11.8 Å². The Labute approximate surface area is 126 Å². The van der Waals surface area contributed by atoms with E-state index in [1.54, 1.807) is 31.5 Å². The number of hydrogen-bond acceptors (Lipinski definition) is 3. The number of aromatic nitrogens is 1. The van der Waals surface area contributed by atoms with Crippen LogP contribution in [-0.4, -0.2) is 22.8 Å². The lowest BCUT2D eigenvalue weighted by Gasteiger charge is -2.07. The third-order valence-corrected chi connectivity index (χ3v) is 3.52. The molecule has 0 radical (unpaired) electrons. The van der Waals surface area contributed by atoms with Crippen LogP contribution in [0.2, 0.25) is 0 Å². The van der Waals surface area contributed by atoms with E-state index in [-0.39, 0.29) is 5.56 Å². The molecule has 0 amide bonds. The van der Waals surface area contributed by atoms with Crippen molar-refractivity contribution >= 4 is 16.9 Å². The Kier molecular flexibility index (Phi) is 3.28. The molecule has 3 rings (SSSR count). The van der Waals surface area contributed by atoms with Crippen molar-refractivity contribution in [3.8, 4) is 17.5 Å². The van der Waals surface area contributed by atoms with Crippen LogP contribution in [0.4, 0.5) is 0 Å². The van der Waals surface area contributed by atoms with Gasteiger partial charge in [-0.3, -0.25) is 0 Å². The van der Waals surface area contributed by atoms with Crippen LogP contribution in [0.25, 0.3) is 16.6 Å². The first-order valence-electron chi connectivity index (χ1n) is 6.57. The first-order valence-corrected chi connectivity index (χ1v) is 6.57. The van der Waals surface area contributed by atoms with Crippen LogP contribution >= 0.6 is 0 Å². The van der Waals surface area contributed by atoms with Crippen molar-refractivity contribution in [3.05, 3.63) is 59.8 Å². The van der Waals surface area contributed by atoms with Gasteiger partial charge in [-0.1, -0.05) is 6.07 Å². The Hall–Kier alpha value is -3.26. The summed E-state index contributed by atoms with van der Waals surface area (Å²) < 4.78 is 7.18.